The van der Waals surface area contributed by atoms with Gasteiger partial charge < -0.3 is 29.7 Å². The fraction of sp³-hybridized carbons (Fsp3) is 0.444. The van der Waals surface area contributed by atoms with E-state index < -0.39 is 66.1 Å². The number of carbonyl (C=O) groups excluding carboxylic acids is 4. The van der Waals surface area contributed by atoms with E-state index >= 15 is 4.79 Å². The Balaban J connectivity index is 1.51. The predicted octanol–water partition coefficient (Wildman–Crippen LogP) is 3.51. The number of hydrogen-bond donors (Lipinski definition) is 2. The second-order valence-corrected chi connectivity index (χ2v) is 13.8. The highest BCUT2D eigenvalue weighted by Gasteiger charge is 2.75. The lowest BCUT2D eigenvalue weighted by Gasteiger charge is -2.39. The normalized spacial score (nSPS) is 30.9. The zero-order valence-corrected chi connectivity index (χ0v) is 28.3. The monoisotopic (exact) mass is 705 g/mol. The van der Waals surface area contributed by atoms with Crippen LogP contribution in [0.4, 0.5) is 5.69 Å². The van der Waals surface area contributed by atoms with E-state index in [1.807, 2.05) is 74.5 Å². The lowest BCUT2D eigenvalue weighted by atomic mass is 9.74. The zero-order chi connectivity index (χ0) is 33.5. The van der Waals surface area contributed by atoms with Crippen molar-refractivity contribution in [2.24, 2.45) is 11.8 Å². The summed E-state index contributed by atoms with van der Waals surface area (Å²) in [7, 11) is 0. The average Bonchev–Trinajstić information content (AvgIpc) is 3.65. The van der Waals surface area contributed by atoms with Gasteiger partial charge >= 0.3 is 5.97 Å². The molecule has 5 bridgehead atoms. The molecule has 1 spiro atoms. The molecule has 2 aromatic rings. The molecule has 0 unspecified atom stereocenters. The molecule has 4 heterocycles. The molecule has 2 fully saturated rings. The highest BCUT2D eigenvalue weighted by Crippen LogP contribution is 2.59. The topological polar surface area (TPSA) is 125 Å². The van der Waals surface area contributed by atoms with Crippen LogP contribution in [0.5, 0.6) is 0 Å². The van der Waals surface area contributed by atoms with E-state index in [4.69, 9.17) is 9.47 Å². The number of carbonyl (C=O) groups is 4. The van der Waals surface area contributed by atoms with E-state index in [0.717, 1.165) is 16.7 Å². The largest absolute Gasteiger partial charge is 0.460 e. The summed E-state index contributed by atoms with van der Waals surface area (Å²) in [6, 6.07) is 13.4. The molecule has 10 nitrogen and oxygen atoms in total. The third-order valence-electron chi connectivity index (χ3n) is 9.61. The number of amides is 3. The third-order valence-corrected chi connectivity index (χ3v) is 10.3. The number of esters is 1. The van der Waals surface area contributed by atoms with Crippen molar-refractivity contribution in [3.63, 3.8) is 0 Å². The van der Waals surface area contributed by atoms with Crippen molar-refractivity contribution in [3.05, 3.63) is 87.9 Å². The Morgan fingerprint density at radius 1 is 1.06 bits per heavy atom. The molecule has 0 aliphatic carbocycles. The molecule has 4 aliphatic heterocycles. The number of halogens is 1. The molecule has 0 aromatic heterocycles. The van der Waals surface area contributed by atoms with Crippen LogP contribution in [0.3, 0.4) is 0 Å². The number of aliphatic hydroxyl groups is 1. The van der Waals surface area contributed by atoms with E-state index in [9.17, 15) is 19.5 Å². The van der Waals surface area contributed by atoms with Crippen LogP contribution in [0.25, 0.3) is 0 Å². The molecule has 2 N–H and O–H groups in total. The molecule has 6 rings (SSSR count). The zero-order valence-electron chi connectivity index (χ0n) is 26.7. The summed E-state index contributed by atoms with van der Waals surface area (Å²) in [5, 5.41) is 13.6. The minimum atomic E-state index is -1.49. The van der Waals surface area contributed by atoms with Crippen molar-refractivity contribution in [1.29, 1.82) is 0 Å². The molecule has 4 aliphatic rings. The van der Waals surface area contributed by atoms with Gasteiger partial charge in [-0.05, 0) is 62.4 Å². The number of nitrogens with zero attached hydrogens (tertiary/aromatic N) is 2. The number of likely N-dealkylation sites (tertiary alicyclic amines) is 1. The van der Waals surface area contributed by atoms with Crippen LogP contribution >= 0.6 is 15.9 Å². The maximum atomic E-state index is 15.2. The summed E-state index contributed by atoms with van der Waals surface area (Å²) in [5.41, 5.74) is 1.88. The number of anilines is 1. The Bertz CT molecular complexity index is 1630. The fourth-order valence-corrected chi connectivity index (χ4v) is 8.11. The van der Waals surface area contributed by atoms with Gasteiger partial charge in [0, 0.05) is 23.1 Å². The summed E-state index contributed by atoms with van der Waals surface area (Å²) in [6.45, 7) is 5.43. The van der Waals surface area contributed by atoms with Crippen LogP contribution in [0, 0.1) is 25.7 Å². The number of aryl methyl sites for hydroxylation is 2. The van der Waals surface area contributed by atoms with Gasteiger partial charge in [0.05, 0.1) is 25.1 Å². The molecule has 2 aromatic carbocycles. The molecule has 11 heteroatoms. The van der Waals surface area contributed by atoms with Crippen LogP contribution in [0.1, 0.15) is 36.5 Å². The minimum absolute atomic E-state index is 0.116. The molecule has 0 radical (unpaired) electrons. The van der Waals surface area contributed by atoms with Gasteiger partial charge in [0.25, 0.3) is 5.91 Å². The van der Waals surface area contributed by atoms with Gasteiger partial charge in [0.2, 0.25) is 11.8 Å². The number of aliphatic hydroxyl groups excluding tert-OH is 1. The number of ether oxygens (including phenoxy) is 2. The predicted molar refractivity (Wildman–Crippen MR) is 178 cm³/mol. The van der Waals surface area contributed by atoms with Gasteiger partial charge in [0.1, 0.15) is 29.8 Å². The number of nitrogens with one attached hydrogen (secondary N) is 1. The molecule has 47 heavy (non-hydrogen) atoms. The number of hydrogen-bond acceptors (Lipinski definition) is 7. The standard InChI is InChI=1S/C36H40BrN3O7/c1-21-13-14-22(2)27(16-21)39-15-9-5-8-12-28(42)38-19-23(3)46-35(45)29-30-33(43)40(25(20-41)17-24-10-6-4-7-11-24)32(34(39)44)36(30)18-26(37)31(29)47-36/h4-7,9-11,13-14,16,18,23,25,29-32,41H,8,12,15,17,19-20H2,1-3H3,(H,38,42)/b9-5-/t23-,25+,29+,30-,31+,32+,36-/m0/s1. The lowest BCUT2D eigenvalue weighted by molar-refractivity contribution is -0.159. The van der Waals surface area contributed by atoms with Crippen LogP contribution in [-0.4, -0.2) is 83.3 Å². The van der Waals surface area contributed by atoms with E-state index in [2.05, 4.69) is 21.2 Å². The molecule has 7 atom stereocenters. The van der Waals surface area contributed by atoms with E-state index in [1.165, 1.54) is 4.90 Å². The summed E-state index contributed by atoms with van der Waals surface area (Å²) >= 11 is 3.59. The van der Waals surface area contributed by atoms with Crippen molar-refractivity contribution in [2.75, 3.05) is 24.6 Å². The Kier molecular flexibility index (Phi) is 9.42. The van der Waals surface area contributed by atoms with E-state index in [0.29, 0.717) is 23.0 Å². The Hall–Kier alpha value is -3.80. The first kappa shape index (κ1) is 33.1. The minimum Gasteiger partial charge on any atom is -0.460 e. The van der Waals surface area contributed by atoms with Gasteiger partial charge in [-0.2, -0.15) is 0 Å². The number of cyclic esters (lactones) is 1. The summed E-state index contributed by atoms with van der Waals surface area (Å²) < 4.78 is 13.0. The smallest absolute Gasteiger partial charge is 0.313 e. The van der Waals surface area contributed by atoms with Crippen LogP contribution in [-0.2, 0) is 35.1 Å². The third kappa shape index (κ3) is 6.05. The quantitative estimate of drug-likeness (QED) is 0.360. The highest BCUT2D eigenvalue weighted by molar-refractivity contribution is 9.11. The van der Waals surface area contributed by atoms with Crippen molar-refractivity contribution in [1.82, 2.24) is 10.2 Å². The molecule has 248 valence electrons. The first-order valence-electron chi connectivity index (χ1n) is 16.1. The maximum absolute atomic E-state index is 15.2. The molecular weight excluding hydrogens is 666 g/mol. The van der Waals surface area contributed by atoms with Gasteiger partial charge in [-0.15, -0.1) is 0 Å². The molecular formula is C36H40BrN3O7. The number of benzene rings is 2. The van der Waals surface area contributed by atoms with Crippen LogP contribution in [0.2, 0.25) is 0 Å². The highest BCUT2D eigenvalue weighted by atomic mass is 79.9. The lowest BCUT2D eigenvalue weighted by Crippen LogP contribution is -2.59. The second kappa shape index (κ2) is 13.4. The molecule has 2 saturated heterocycles. The summed E-state index contributed by atoms with van der Waals surface area (Å²) in [5.74, 6) is -3.77. The van der Waals surface area contributed by atoms with Crippen molar-refractivity contribution in [2.45, 2.75) is 69.9 Å². The molecule has 3 amide bonds. The van der Waals surface area contributed by atoms with Crippen LogP contribution in [0.15, 0.2) is 71.2 Å². The first-order valence-corrected chi connectivity index (χ1v) is 16.9. The van der Waals surface area contributed by atoms with Gasteiger partial charge in [-0.25, -0.2) is 0 Å². The number of fused-ring (bicyclic) bond motifs is 2. The Morgan fingerprint density at radius 3 is 2.57 bits per heavy atom. The van der Waals surface area contributed by atoms with Crippen molar-refractivity contribution >= 4 is 45.3 Å². The van der Waals surface area contributed by atoms with Crippen molar-refractivity contribution < 1.29 is 33.8 Å². The summed E-state index contributed by atoms with van der Waals surface area (Å²) in [6.07, 6.45) is 4.96. The van der Waals surface area contributed by atoms with Gasteiger partial charge in [0.15, 0.2) is 0 Å². The van der Waals surface area contributed by atoms with Gasteiger partial charge in [-0.3, -0.25) is 19.2 Å². The Morgan fingerprint density at radius 2 is 1.83 bits per heavy atom. The Labute approximate surface area is 282 Å². The van der Waals surface area contributed by atoms with Crippen molar-refractivity contribution in [3.8, 4) is 0 Å². The van der Waals surface area contributed by atoms with E-state index in [1.54, 1.807) is 17.9 Å². The maximum Gasteiger partial charge on any atom is 0.313 e. The van der Waals surface area contributed by atoms with Gasteiger partial charge in [-0.1, -0.05) is 70.5 Å². The fourth-order valence-electron chi connectivity index (χ4n) is 7.38. The summed E-state index contributed by atoms with van der Waals surface area (Å²) in [4.78, 5) is 59.4. The number of allylic oxidation sites excluding steroid dienone is 1. The second-order valence-electron chi connectivity index (χ2n) is 12.9. The van der Waals surface area contributed by atoms with E-state index in [-0.39, 0.29) is 25.4 Å². The first-order chi connectivity index (χ1) is 22.6. The number of rotatable bonds is 5. The average molecular weight is 707 g/mol. The van der Waals surface area contributed by atoms with Crippen LogP contribution < -0.4 is 10.2 Å². The SMILES string of the molecule is Cc1ccc(C)c(N2C/C=C\CCC(=O)NC[C@H](C)OC(=O)[C@H]3[C@@H]4O[C@@]5(C=C4Br)[C@@H]3C(=O)N([C@@H](CO)Cc3ccccc3)[C@@H]5C2=O)c1. The molecule has 0 saturated carbocycles.